The zero-order valence-electron chi connectivity index (χ0n) is 11.1. The van der Waals surface area contributed by atoms with Gasteiger partial charge in [-0.3, -0.25) is 0 Å². The quantitative estimate of drug-likeness (QED) is 0.476. The Morgan fingerprint density at radius 2 is 1.18 bits per heavy atom. The summed E-state index contributed by atoms with van der Waals surface area (Å²) in [4.78, 5) is 23.3. The maximum atomic E-state index is 11.6. The van der Waals surface area contributed by atoms with Gasteiger partial charge in [-0.2, -0.15) is 10.5 Å². The van der Waals surface area contributed by atoms with Crippen molar-refractivity contribution in [3.05, 3.63) is 59.7 Å². The van der Waals surface area contributed by atoms with Crippen LogP contribution in [0, 0.1) is 22.7 Å². The van der Waals surface area contributed by atoms with E-state index in [9.17, 15) is 9.59 Å². The van der Waals surface area contributed by atoms with Gasteiger partial charge in [0, 0.05) is 0 Å². The lowest BCUT2D eigenvalue weighted by atomic mass is 10.2. The number of carbonyl (C=O) groups is 2. The first-order valence-corrected chi connectivity index (χ1v) is 6.06. The van der Waals surface area contributed by atoms with Gasteiger partial charge >= 0.3 is 11.9 Å². The Hall–Kier alpha value is -3.64. The largest absolute Gasteiger partial charge is 0.423 e. The first-order chi connectivity index (χ1) is 10.6. The molecule has 6 nitrogen and oxygen atoms in total. The van der Waals surface area contributed by atoms with Gasteiger partial charge in [0.2, 0.25) is 0 Å². The van der Waals surface area contributed by atoms with Crippen LogP contribution in [0.1, 0.15) is 11.1 Å². The van der Waals surface area contributed by atoms with E-state index in [-0.39, 0.29) is 11.5 Å². The third-order valence-electron chi connectivity index (χ3n) is 2.51. The molecular formula is C16H8N2O4. The maximum absolute atomic E-state index is 11.6. The molecule has 0 aromatic heterocycles. The second kappa shape index (κ2) is 6.69. The molecular weight excluding hydrogens is 284 g/mol. The van der Waals surface area contributed by atoms with Gasteiger partial charge in [0.15, 0.2) is 0 Å². The van der Waals surface area contributed by atoms with E-state index < -0.39 is 11.9 Å². The monoisotopic (exact) mass is 292 g/mol. The van der Waals surface area contributed by atoms with Crippen LogP contribution >= 0.6 is 0 Å². The van der Waals surface area contributed by atoms with Crippen molar-refractivity contribution in [2.24, 2.45) is 0 Å². The van der Waals surface area contributed by atoms with Crippen LogP contribution in [-0.2, 0) is 9.59 Å². The number of benzene rings is 2. The van der Waals surface area contributed by atoms with Gasteiger partial charge < -0.3 is 9.47 Å². The highest BCUT2D eigenvalue weighted by Gasteiger charge is 2.19. The lowest BCUT2D eigenvalue weighted by molar-refractivity contribution is -0.156. The highest BCUT2D eigenvalue weighted by atomic mass is 16.6. The van der Waals surface area contributed by atoms with Crippen LogP contribution in [0.25, 0.3) is 0 Å². The van der Waals surface area contributed by atoms with Crippen molar-refractivity contribution >= 4 is 11.9 Å². The van der Waals surface area contributed by atoms with Crippen molar-refractivity contribution in [2.75, 3.05) is 0 Å². The summed E-state index contributed by atoms with van der Waals surface area (Å²) in [6.07, 6.45) is 0. The van der Waals surface area contributed by atoms with Gasteiger partial charge in [-0.15, -0.1) is 0 Å². The van der Waals surface area contributed by atoms with Crippen molar-refractivity contribution in [1.29, 1.82) is 10.5 Å². The van der Waals surface area contributed by atoms with E-state index in [2.05, 4.69) is 0 Å². The van der Waals surface area contributed by atoms with E-state index in [0.717, 1.165) is 0 Å². The molecule has 0 N–H and O–H groups in total. The molecule has 2 aromatic rings. The van der Waals surface area contributed by atoms with Crippen LogP contribution in [0.4, 0.5) is 0 Å². The third kappa shape index (κ3) is 3.69. The van der Waals surface area contributed by atoms with E-state index in [1.807, 2.05) is 12.1 Å². The fourth-order valence-electron chi connectivity index (χ4n) is 1.56. The molecule has 0 unspecified atom stereocenters. The van der Waals surface area contributed by atoms with Crippen molar-refractivity contribution < 1.29 is 19.1 Å². The average molecular weight is 292 g/mol. The first kappa shape index (κ1) is 14.8. The van der Waals surface area contributed by atoms with Crippen molar-refractivity contribution in [3.8, 4) is 23.6 Å². The minimum absolute atomic E-state index is 0.0618. The minimum Gasteiger partial charge on any atom is -0.418 e. The standard InChI is InChI=1S/C16H8N2O4/c17-9-11-3-1-5-13(7-11)21-15(19)16(20)22-14-6-2-4-12(8-14)10-18/h1-8H. The van der Waals surface area contributed by atoms with E-state index >= 15 is 0 Å². The predicted molar refractivity (Wildman–Crippen MR) is 73.6 cm³/mol. The SMILES string of the molecule is N#Cc1cccc(OC(=O)C(=O)Oc2cccc(C#N)c2)c1. The molecule has 0 saturated carbocycles. The fourth-order valence-corrected chi connectivity index (χ4v) is 1.56. The first-order valence-electron chi connectivity index (χ1n) is 6.06. The molecule has 0 atom stereocenters. The van der Waals surface area contributed by atoms with Crippen molar-refractivity contribution in [1.82, 2.24) is 0 Å². The third-order valence-corrected chi connectivity index (χ3v) is 2.51. The highest BCUT2D eigenvalue weighted by Crippen LogP contribution is 2.15. The molecule has 0 radical (unpaired) electrons. The number of rotatable bonds is 2. The zero-order valence-corrected chi connectivity index (χ0v) is 11.1. The summed E-state index contributed by atoms with van der Waals surface area (Å²) in [6.45, 7) is 0. The molecule has 0 amide bonds. The second-order valence-electron chi connectivity index (χ2n) is 4.06. The molecule has 2 rings (SSSR count). The molecule has 0 bridgehead atoms. The molecule has 0 aliphatic heterocycles. The number of esters is 2. The molecule has 0 fully saturated rings. The Morgan fingerprint density at radius 1 is 0.773 bits per heavy atom. The summed E-state index contributed by atoms with van der Waals surface area (Å²) in [7, 11) is 0. The van der Waals surface area contributed by atoms with Gasteiger partial charge in [-0.25, -0.2) is 9.59 Å². The summed E-state index contributed by atoms with van der Waals surface area (Å²) >= 11 is 0. The Bertz CT molecular complexity index is 746. The summed E-state index contributed by atoms with van der Waals surface area (Å²) in [5.41, 5.74) is 0.584. The molecule has 0 saturated heterocycles. The number of hydrogen-bond acceptors (Lipinski definition) is 6. The molecule has 0 aliphatic rings. The number of nitriles is 2. The normalized spacial score (nSPS) is 9.18. The van der Waals surface area contributed by atoms with Crippen LogP contribution in [-0.4, -0.2) is 11.9 Å². The zero-order chi connectivity index (χ0) is 15.9. The number of nitrogens with zero attached hydrogens (tertiary/aromatic N) is 2. The van der Waals surface area contributed by atoms with Crippen LogP contribution in [0.15, 0.2) is 48.5 Å². The Labute approximate surface area is 125 Å². The Kier molecular flexibility index (Phi) is 4.49. The minimum atomic E-state index is -1.22. The summed E-state index contributed by atoms with van der Waals surface area (Å²) in [6, 6.07) is 15.4. The van der Waals surface area contributed by atoms with E-state index in [1.54, 1.807) is 0 Å². The molecule has 22 heavy (non-hydrogen) atoms. The van der Waals surface area contributed by atoms with Gasteiger partial charge in [0.25, 0.3) is 0 Å². The van der Waals surface area contributed by atoms with Crippen LogP contribution in [0.2, 0.25) is 0 Å². The molecule has 0 heterocycles. The molecule has 6 heteroatoms. The molecule has 2 aromatic carbocycles. The Balaban J connectivity index is 2.04. The van der Waals surface area contributed by atoms with E-state index in [1.165, 1.54) is 48.5 Å². The molecule has 106 valence electrons. The van der Waals surface area contributed by atoms with Gasteiger partial charge in [0.1, 0.15) is 11.5 Å². The number of hydrogen-bond donors (Lipinski definition) is 0. The van der Waals surface area contributed by atoms with Crippen molar-refractivity contribution in [2.45, 2.75) is 0 Å². The van der Waals surface area contributed by atoms with E-state index in [4.69, 9.17) is 20.0 Å². The molecule has 0 aliphatic carbocycles. The summed E-state index contributed by atoms with van der Waals surface area (Å²) < 4.78 is 9.64. The average Bonchev–Trinajstić information content (AvgIpc) is 2.55. The van der Waals surface area contributed by atoms with Crippen LogP contribution in [0.3, 0.4) is 0 Å². The smallest absolute Gasteiger partial charge is 0.418 e. The topological polar surface area (TPSA) is 100 Å². The summed E-state index contributed by atoms with van der Waals surface area (Å²) in [5.74, 6) is -2.33. The summed E-state index contributed by atoms with van der Waals surface area (Å²) in [5, 5.41) is 17.5. The predicted octanol–water partition coefficient (Wildman–Crippen LogP) is 1.94. The molecule has 0 spiro atoms. The second-order valence-corrected chi connectivity index (χ2v) is 4.06. The lowest BCUT2D eigenvalue weighted by Gasteiger charge is -2.05. The maximum Gasteiger partial charge on any atom is 0.423 e. The van der Waals surface area contributed by atoms with E-state index in [0.29, 0.717) is 11.1 Å². The van der Waals surface area contributed by atoms with Gasteiger partial charge in [-0.05, 0) is 36.4 Å². The highest BCUT2D eigenvalue weighted by molar-refractivity contribution is 6.31. The van der Waals surface area contributed by atoms with Crippen LogP contribution < -0.4 is 9.47 Å². The Morgan fingerprint density at radius 3 is 1.55 bits per heavy atom. The fraction of sp³-hybridized carbons (Fsp3) is 0. The van der Waals surface area contributed by atoms with Crippen LogP contribution in [0.5, 0.6) is 11.5 Å². The number of carbonyl (C=O) groups excluding carboxylic acids is 2. The van der Waals surface area contributed by atoms with Gasteiger partial charge in [0.05, 0.1) is 23.3 Å². The number of ether oxygens (including phenoxy) is 2. The van der Waals surface area contributed by atoms with Crippen molar-refractivity contribution in [3.63, 3.8) is 0 Å². The lowest BCUT2D eigenvalue weighted by Crippen LogP contribution is -2.25. The van der Waals surface area contributed by atoms with Gasteiger partial charge in [-0.1, -0.05) is 12.1 Å².